The van der Waals surface area contributed by atoms with Gasteiger partial charge in [-0.15, -0.1) is 0 Å². The Bertz CT molecular complexity index is 1490. The molecule has 2 amide bonds. The van der Waals surface area contributed by atoms with Gasteiger partial charge in [-0.2, -0.15) is 0 Å². The van der Waals surface area contributed by atoms with Gasteiger partial charge in [0.2, 0.25) is 5.91 Å². The molecule has 0 aliphatic heterocycles. The molecule has 0 radical (unpaired) electrons. The van der Waals surface area contributed by atoms with Gasteiger partial charge in [0.25, 0.3) is 5.91 Å². The molecule has 2 N–H and O–H groups in total. The predicted molar refractivity (Wildman–Crippen MR) is 133 cm³/mol. The summed E-state index contributed by atoms with van der Waals surface area (Å²) in [7, 11) is 1.59. The zero-order valence-electron chi connectivity index (χ0n) is 18.5. The van der Waals surface area contributed by atoms with E-state index in [1.807, 2.05) is 36.4 Å². The van der Waals surface area contributed by atoms with E-state index < -0.39 is 0 Å². The van der Waals surface area contributed by atoms with Crippen LogP contribution in [0.2, 0.25) is 0 Å². The van der Waals surface area contributed by atoms with E-state index in [0.717, 1.165) is 33.1 Å². The number of fused-ring (bicyclic) bond motifs is 3. The Kier molecular flexibility index (Phi) is 5.70. The second-order valence-electron chi connectivity index (χ2n) is 7.91. The highest BCUT2D eigenvalue weighted by atomic mass is 16.5. The summed E-state index contributed by atoms with van der Waals surface area (Å²) in [6.07, 6.45) is 1.82. The van der Waals surface area contributed by atoms with Gasteiger partial charge in [0.1, 0.15) is 11.3 Å². The number of hydrogen-bond acceptors (Lipinski definition) is 4. The fourth-order valence-corrected chi connectivity index (χ4v) is 3.97. The van der Waals surface area contributed by atoms with Crippen molar-refractivity contribution in [3.8, 4) is 5.75 Å². The predicted octanol–water partition coefficient (Wildman–Crippen LogP) is 6.03. The van der Waals surface area contributed by atoms with Crippen molar-refractivity contribution in [2.45, 2.75) is 6.42 Å². The van der Waals surface area contributed by atoms with E-state index in [2.05, 4.69) is 10.6 Å². The van der Waals surface area contributed by atoms with Gasteiger partial charge in [-0.25, -0.2) is 0 Å². The number of anilines is 2. The Hall–Kier alpha value is -4.58. The second kappa shape index (κ2) is 9.11. The van der Waals surface area contributed by atoms with Crippen LogP contribution >= 0.6 is 0 Å². The molecule has 0 aliphatic carbocycles. The molecule has 6 nitrogen and oxygen atoms in total. The average Bonchev–Trinajstić information content (AvgIpc) is 3.28. The summed E-state index contributed by atoms with van der Waals surface area (Å²) < 4.78 is 10.8. The molecular formula is C28H22N2O4. The number of nitrogens with one attached hydrogen (secondary N) is 2. The summed E-state index contributed by atoms with van der Waals surface area (Å²) in [6, 6.07) is 25.8. The van der Waals surface area contributed by atoms with Gasteiger partial charge in [-0.3, -0.25) is 9.59 Å². The SMILES string of the molecule is COc1ccc(NC(=O)c2ccc(NC(=O)Cc3coc4ccc5ccccc5c34)cc2)cc1. The van der Waals surface area contributed by atoms with E-state index in [1.165, 1.54) is 0 Å². The minimum absolute atomic E-state index is 0.161. The van der Waals surface area contributed by atoms with Gasteiger partial charge in [-0.05, 0) is 65.4 Å². The van der Waals surface area contributed by atoms with Crippen molar-refractivity contribution in [1.29, 1.82) is 0 Å². The van der Waals surface area contributed by atoms with Gasteiger partial charge in [0.05, 0.1) is 19.8 Å². The molecule has 0 unspecified atom stereocenters. The van der Waals surface area contributed by atoms with Crippen molar-refractivity contribution in [3.63, 3.8) is 0 Å². The molecule has 0 atom stereocenters. The van der Waals surface area contributed by atoms with Crippen LogP contribution in [0.15, 0.2) is 95.6 Å². The highest BCUT2D eigenvalue weighted by Gasteiger charge is 2.14. The first-order valence-electron chi connectivity index (χ1n) is 10.8. The lowest BCUT2D eigenvalue weighted by atomic mass is 10.0. The van der Waals surface area contributed by atoms with Crippen LogP contribution < -0.4 is 15.4 Å². The lowest BCUT2D eigenvalue weighted by molar-refractivity contribution is -0.115. The molecular weight excluding hydrogens is 428 g/mol. The van der Waals surface area contributed by atoms with Crippen LogP contribution in [0.25, 0.3) is 21.7 Å². The van der Waals surface area contributed by atoms with Crippen molar-refractivity contribution in [2.24, 2.45) is 0 Å². The maximum absolute atomic E-state index is 12.7. The first-order chi connectivity index (χ1) is 16.6. The molecule has 5 rings (SSSR count). The summed E-state index contributed by atoms with van der Waals surface area (Å²) in [6.45, 7) is 0. The van der Waals surface area contributed by atoms with Gasteiger partial charge >= 0.3 is 0 Å². The number of hydrogen-bond donors (Lipinski definition) is 2. The quantitative estimate of drug-likeness (QED) is 0.331. The highest BCUT2D eigenvalue weighted by Crippen LogP contribution is 2.30. The zero-order valence-corrected chi connectivity index (χ0v) is 18.5. The molecule has 0 bridgehead atoms. The molecule has 6 heteroatoms. The maximum Gasteiger partial charge on any atom is 0.255 e. The van der Waals surface area contributed by atoms with Gasteiger partial charge in [-0.1, -0.05) is 30.3 Å². The summed E-state index contributed by atoms with van der Waals surface area (Å²) in [5.41, 5.74) is 3.36. The summed E-state index contributed by atoms with van der Waals surface area (Å²) in [4.78, 5) is 25.2. The molecule has 0 aliphatic rings. The Morgan fingerprint density at radius 3 is 2.29 bits per heavy atom. The van der Waals surface area contributed by atoms with E-state index in [0.29, 0.717) is 16.9 Å². The van der Waals surface area contributed by atoms with Crippen molar-refractivity contribution in [3.05, 3.63) is 102 Å². The fourth-order valence-electron chi connectivity index (χ4n) is 3.97. The molecule has 0 fully saturated rings. The smallest absolute Gasteiger partial charge is 0.255 e. The third kappa shape index (κ3) is 4.34. The van der Waals surface area contributed by atoms with Crippen molar-refractivity contribution in [1.82, 2.24) is 0 Å². The average molecular weight is 450 g/mol. The first kappa shape index (κ1) is 21.3. The van der Waals surface area contributed by atoms with Crippen LogP contribution in [0.3, 0.4) is 0 Å². The maximum atomic E-state index is 12.7. The number of benzene rings is 4. The van der Waals surface area contributed by atoms with Crippen molar-refractivity contribution >= 4 is 44.9 Å². The normalized spacial score (nSPS) is 10.9. The monoisotopic (exact) mass is 450 g/mol. The molecule has 34 heavy (non-hydrogen) atoms. The summed E-state index contributed by atoms with van der Waals surface area (Å²) in [5.74, 6) is 0.320. The van der Waals surface area contributed by atoms with Crippen LogP contribution in [0.1, 0.15) is 15.9 Å². The topological polar surface area (TPSA) is 80.6 Å². The van der Waals surface area contributed by atoms with E-state index in [1.54, 1.807) is 61.9 Å². The van der Waals surface area contributed by atoms with Crippen molar-refractivity contribution < 1.29 is 18.7 Å². The van der Waals surface area contributed by atoms with Crippen molar-refractivity contribution in [2.75, 3.05) is 17.7 Å². The summed E-state index contributed by atoms with van der Waals surface area (Å²) >= 11 is 0. The summed E-state index contributed by atoms with van der Waals surface area (Å²) in [5, 5.41) is 8.85. The molecule has 1 aromatic heterocycles. The van der Waals surface area contributed by atoms with Gasteiger partial charge < -0.3 is 19.8 Å². The van der Waals surface area contributed by atoms with Crippen LogP contribution in [0.5, 0.6) is 5.75 Å². The Morgan fingerprint density at radius 2 is 1.53 bits per heavy atom. The van der Waals surface area contributed by atoms with Crippen LogP contribution in [-0.4, -0.2) is 18.9 Å². The minimum Gasteiger partial charge on any atom is -0.497 e. The Balaban J connectivity index is 1.26. The number of ether oxygens (including phenoxy) is 1. The van der Waals surface area contributed by atoms with Crippen LogP contribution in [-0.2, 0) is 11.2 Å². The number of furan rings is 1. The molecule has 0 saturated heterocycles. The lowest BCUT2D eigenvalue weighted by Crippen LogP contribution is -2.15. The number of rotatable bonds is 6. The Labute approximate surface area is 196 Å². The third-order valence-corrected chi connectivity index (χ3v) is 5.67. The molecule has 168 valence electrons. The molecule has 1 heterocycles. The van der Waals surface area contributed by atoms with Gasteiger partial charge in [0, 0.05) is 27.9 Å². The number of carbonyl (C=O) groups excluding carboxylic acids is 2. The lowest BCUT2D eigenvalue weighted by Gasteiger charge is -2.08. The molecule has 0 spiro atoms. The second-order valence-corrected chi connectivity index (χ2v) is 7.91. The van der Waals surface area contributed by atoms with Crippen LogP contribution in [0.4, 0.5) is 11.4 Å². The van der Waals surface area contributed by atoms with Gasteiger partial charge in [0.15, 0.2) is 0 Å². The number of carbonyl (C=O) groups is 2. The fraction of sp³-hybridized carbons (Fsp3) is 0.0714. The third-order valence-electron chi connectivity index (χ3n) is 5.67. The van der Waals surface area contributed by atoms with Crippen LogP contribution in [0, 0.1) is 0 Å². The largest absolute Gasteiger partial charge is 0.497 e. The Morgan fingerprint density at radius 1 is 0.824 bits per heavy atom. The van der Waals surface area contributed by atoms with E-state index in [9.17, 15) is 9.59 Å². The number of amides is 2. The molecule has 4 aromatic carbocycles. The van der Waals surface area contributed by atoms with E-state index in [-0.39, 0.29) is 18.2 Å². The number of methoxy groups -OCH3 is 1. The minimum atomic E-state index is -0.236. The first-order valence-corrected chi connectivity index (χ1v) is 10.8. The van der Waals surface area contributed by atoms with E-state index >= 15 is 0 Å². The molecule has 5 aromatic rings. The zero-order chi connectivity index (χ0) is 23.5. The standard InChI is InChI=1S/C28H22N2O4/c1-33-23-13-11-22(12-14-23)30-28(32)19-6-9-21(10-7-19)29-26(31)16-20-17-34-25-15-8-18-4-2-3-5-24(18)27(20)25/h2-15,17H,16H2,1H3,(H,29,31)(H,30,32). The van der Waals surface area contributed by atoms with E-state index in [4.69, 9.17) is 9.15 Å². The molecule has 0 saturated carbocycles. The highest BCUT2D eigenvalue weighted by molar-refractivity contribution is 6.09.